The predicted molar refractivity (Wildman–Crippen MR) is 106 cm³/mol. The van der Waals surface area contributed by atoms with Crippen molar-refractivity contribution in [2.75, 3.05) is 37.6 Å². The van der Waals surface area contributed by atoms with Crippen molar-refractivity contribution in [3.05, 3.63) is 52.7 Å². The maximum absolute atomic E-state index is 13.2. The third-order valence-corrected chi connectivity index (χ3v) is 4.88. The van der Waals surface area contributed by atoms with Crippen LogP contribution in [0.4, 0.5) is 10.2 Å². The molecule has 1 aromatic heterocycles. The Balaban J connectivity index is 1.80. The summed E-state index contributed by atoms with van der Waals surface area (Å²) in [6, 6.07) is 6.63. The first-order chi connectivity index (χ1) is 12.7. The quantitative estimate of drug-likeness (QED) is 0.875. The zero-order chi connectivity index (χ0) is 19.6. The molecule has 0 unspecified atom stereocenters. The van der Waals surface area contributed by atoms with Gasteiger partial charge < -0.3 is 10.0 Å². The molecule has 6 heteroatoms. The van der Waals surface area contributed by atoms with Gasteiger partial charge in [0, 0.05) is 50.4 Å². The molecule has 0 amide bonds. The summed E-state index contributed by atoms with van der Waals surface area (Å²) in [6.45, 7) is 11.8. The Morgan fingerprint density at radius 1 is 1.04 bits per heavy atom. The van der Waals surface area contributed by atoms with Crippen LogP contribution in [0.5, 0.6) is 0 Å². The van der Waals surface area contributed by atoms with Gasteiger partial charge in [-0.3, -0.25) is 4.90 Å². The van der Waals surface area contributed by atoms with Gasteiger partial charge in [-0.2, -0.15) is 0 Å². The summed E-state index contributed by atoms with van der Waals surface area (Å²) in [6.07, 6.45) is 0.686. The monoisotopic (exact) mass is 372 g/mol. The molecule has 0 bridgehead atoms. The number of β-amino-alcohol motifs (C(OH)–C–C–N with tert-alkyl or cyclic N) is 1. The van der Waals surface area contributed by atoms with Crippen LogP contribution in [0.1, 0.15) is 36.5 Å². The highest BCUT2D eigenvalue weighted by Gasteiger charge is 2.25. The number of rotatable bonds is 5. The van der Waals surface area contributed by atoms with Crippen molar-refractivity contribution < 1.29 is 9.50 Å². The van der Waals surface area contributed by atoms with E-state index in [1.165, 1.54) is 12.1 Å². The Morgan fingerprint density at radius 3 is 2.26 bits per heavy atom. The summed E-state index contributed by atoms with van der Waals surface area (Å²) < 4.78 is 13.2. The van der Waals surface area contributed by atoms with E-state index in [0.29, 0.717) is 13.0 Å². The molecule has 1 aliphatic rings. The Bertz CT molecular complexity index is 778. The molecule has 1 aromatic carbocycles. The number of aliphatic hydroxyl groups is 1. The van der Waals surface area contributed by atoms with Crippen molar-refractivity contribution in [1.29, 1.82) is 0 Å². The van der Waals surface area contributed by atoms with Crippen LogP contribution >= 0.6 is 0 Å². The third-order valence-electron chi connectivity index (χ3n) is 4.88. The van der Waals surface area contributed by atoms with Gasteiger partial charge in [0.05, 0.1) is 5.60 Å². The molecule has 1 N–H and O–H groups in total. The van der Waals surface area contributed by atoms with Gasteiger partial charge in [0.1, 0.15) is 17.5 Å². The molecule has 2 heterocycles. The highest BCUT2D eigenvalue weighted by molar-refractivity contribution is 5.51. The molecule has 5 nitrogen and oxygen atoms in total. The number of nitrogens with zero attached hydrogens (tertiary/aromatic N) is 4. The van der Waals surface area contributed by atoms with Crippen LogP contribution in [0.15, 0.2) is 24.3 Å². The maximum Gasteiger partial charge on any atom is 0.136 e. The lowest BCUT2D eigenvalue weighted by Gasteiger charge is -2.38. The van der Waals surface area contributed by atoms with E-state index in [1.54, 1.807) is 0 Å². The Morgan fingerprint density at radius 2 is 1.67 bits per heavy atom. The van der Waals surface area contributed by atoms with Crippen molar-refractivity contribution >= 4 is 5.82 Å². The number of aromatic nitrogens is 2. The standard InChI is InChI=1S/C21H29FN4O/c1-15-19(13-17-5-7-18(22)8-6-17)20(24-16(2)23-15)26-11-9-25(10-12-26)14-21(3,4)27/h5-8,27H,9-14H2,1-4H3. The van der Waals surface area contributed by atoms with Gasteiger partial charge in [0.15, 0.2) is 0 Å². The van der Waals surface area contributed by atoms with Crippen LogP contribution in [-0.4, -0.2) is 58.3 Å². The Hall–Kier alpha value is -2.05. The summed E-state index contributed by atoms with van der Waals surface area (Å²) >= 11 is 0. The number of halogens is 1. The Labute approximate surface area is 160 Å². The Kier molecular flexibility index (Phi) is 5.77. The van der Waals surface area contributed by atoms with E-state index in [0.717, 1.165) is 54.6 Å². The van der Waals surface area contributed by atoms with Gasteiger partial charge in [-0.25, -0.2) is 14.4 Å². The SMILES string of the molecule is Cc1nc(C)c(Cc2ccc(F)cc2)c(N2CCN(CC(C)(C)O)CC2)n1. The molecule has 0 spiro atoms. The number of benzene rings is 1. The highest BCUT2D eigenvalue weighted by atomic mass is 19.1. The molecule has 2 aromatic rings. The van der Waals surface area contributed by atoms with Gasteiger partial charge >= 0.3 is 0 Å². The fourth-order valence-electron chi connectivity index (χ4n) is 3.66. The van der Waals surface area contributed by atoms with Crippen LogP contribution < -0.4 is 4.90 Å². The van der Waals surface area contributed by atoms with Gasteiger partial charge in [-0.15, -0.1) is 0 Å². The largest absolute Gasteiger partial charge is 0.389 e. The molecule has 27 heavy (non-hydrogen) atoms. The molecule has 1 fully saturated rings. The predicted octanol–water partition coefficient (Wildman–Crippen LogP) is 2.72. The highest BCUT2D eigenvalue weighted by Crippen LogP contribution is 2.25. The van der Waals surface area contributed by atoms with Crippen molar-refractivity contribution in [2.24, 2.45) is 0 Å². The normalized spacial score (nSPS) is 16.0. The fourth-order valence-corrected chi connectivity index (χ4v) is 3.66. The molecule has 0 saturated carbocycles. The minimum absolute atomic E-state index is 0.223. The number of piperazine rings is 1. The van der Waals surface area contributed by atoms with Crippen molar-refractivity contribution in [1.82, 2.24) is 14.9 Å². The fraction of sp³-hybridized carbons (Fsp3) is 0.524. The average molecular weight is 372 g/mol. The van der Waals surface area contributed by atoms with Crippen LogP contribution in [-0.2, 0) is 6.42 Å². The van der Waals surface area contributed by atoms with Crippen molar-refractivity contribution in [3.63, 3.8) is 0 Å². The molecule has 0 radical (unpaired) electrons. The van der Waals surface area contributed by atoms with Gasteiger partial charge in [0.25, 0.3) is 0 Å². The van der Waals surface area contributed by atoms with E-state index in [1.807, 2.05) is 39.8 Å². The molecule has 1 saturated heterocycles. The first-order valence-corrected chi connectivity index (χ1v) is 9.49. The first kappa shape index (κ1) is 19.7. The molecule has 3 rings (SSSR count). The minimum atomic E-state index is -0.683. The molecule has 146 valence electrons. The topological polar surface area (TPSA) is 52.5 Å². The number of hydrogen-bond acceptors (Lipinski definition) is 5. The molecular formula is C21H29FN4O. The second-order valence-electron chi connectivity index (χ2n) is 8.04. The molecule has 1 aliphatic heterocycles. The lowest BCUT2D eigenvalue weighted by Crippen LogP contribution is -2.51. The van der Waals surface area contributed by atoms with E-state index in [4.69, 9.17) is 4.98 Å². The number of hydrogen-bond donors (Lipinski definition) is 1. The van der Waals surface area contributed by atoms with E-state index in [9.17, 15) is 9.50 Å². The van der Waals surface area contributed by atoms with Crippen LogP contribution in [0.3, 0.4) is 0 Å². The number of anilines is 1. The van der Waals surface area contributed by atoms with E-state index in [2.05, 4.69) is 14.8 Å². The minimum Gasteiger partial charge on any atom is -0.389 e. The van der Waals surface area contributed by atoms with Crippen LogP contribution in [0.2, 0.25) is 0 Å². The van der Waals surface area contributed by atoms with E-state index < -0.39 is 5.60 Å². The summed E-state index contributed by atoms with van der Waals surface area (Å²) in [5.41, 5.74) is 2.44. The summed E-state index contributed by atoms with van der Waals surface area (Å²) in [4.78, 5) is 13.9. The van der Waals surface area contributed by atoms with Crippen LogP contribution in [0, 0.1) is 19.7 Å². The van der Waals surface area contributed by atoms with Crippen LogP contribution in [0.25, 0.3) is 0 Å². The third kappa shape index (κ3) is 5.23. The van der Waals surface area contributed by atoms with Gasteiger partial charge in [0.2, 0.25) is 0 Å². The summed E-state index contributed by atoms with van der Waals surface area (Å²) in [5, 5.41) is 10.1. The maximum atomic E-state index is 13.2. The first-order valence-electron chi connectivity index (χ1n) is 9.49. The summed E-state index contributed by atoms with van der Waals surface area (Å²) in [5.74, 6) is 1.52. The van der Waals surface area contributed by atoms with Gasteiger partial charge in [-0.1, -0.05) is 12.1 Å². The second kappa shape index (κ2) is 7.90. The molecule has 0 aliphatic carbocycles. The molecule has 0 atom stereocenters. The van der Waals surface area contributed by atoms with Crippen molar-refractivity contribution in [3.8, 4) is 0 Å². The number of aryl methyl sites for hydroxylation is 2. The van der Waals surface area contributed by atoms with E-state index >= 15 is 0 Å². The average Bonchev–Trinajstić information content (AvgIpc) is 2.58. The van der Waals surface area contributed by atoms with Crippen molar-refractivity contribution in [2.45, 2.75) is 39.7 Å². The molecular weight excluding hydrogens is 343 g/mol. The van der Waals surface area contributed by atoms with E-state index in [-0.39, 0.29) is 5.82 Å². The lowest BCUT2D eigenvalue weighted by molar-refractivity contribution is 0.0344. The zero-order valence-corrected chi connectivity index (χ0v) is 16.7. The second-order valence-corrected chi connectivity index (χ2v) is 8.04. The lowest BCUT2D eigenvalue weighted by atomic mass is 10.0. The smallest absolute Gasteiger partial charge is 0.136 e. The zero-order valence-electron chi connectivity index (χ0n) is 16.7. The van der Waals surface area contributed by atoms with Gasteiger partial charge in [-0.05, 0) is 45.4 Å². The summed E-state index contributed by atoms with van der Waals surface area (Å²) in [7, 11) is 0.